The van der Waals surface area contributed by atoms with Crippen molar-refractivity contribution in [1.29, 1.82) is 0 Å². The Balaban J connectivity index is 1.81. The number of rotatable bonds is 3. The van der Waals surface area contributed by atoms with Crippen LogP contribution in [0.5, 0.6) is 0 Å². The molecule has 0 fully saturated rings. The van der Waals surface area contributed by atoms with Crippen molar-refractivity contribution in [3.63, 3.8) is 0 Å². The third-order valence-corrected chi connectivity index (χ3v) is 3.94. The molecule has 0 aliphatic carbocycles. The highest BCUT2D eigenvalue weighted by atomic mass is 19.1. The molecule has 1 aliphatic rings. The van der Waals surface area contributed by atoms with Crippen LogP contribution in [0.4, 0.5) is 25.0 Å². The first-order valence-corrected chi connectivity index (χ1v) is 7.93. The van der Waals surface area contributed by atoms with E-state index in [0.717, 1.165) is 24.1 Å². The molecule has 3 amide bonds. The van der Waals surface area contributed by atoms with Crippen LogP contribution in [0.3, 0.4) is 0 Å². The van der Waals surface area contributed by atoms with Crippen LogP contribution in [0, 0.1) is 11.6 Å². The van der Waals surface area contributed by atoms with Crippen LogP contribution in [-0.4, -0.2) is 25.0 Å². The number of fused-ring (bicyclic) bond motifs is 1. The minimum absolute atomic E-state index is 0.112. The van der Waals surface area contributed by atoms with Crippen molar-refractivity contribution in [2.45, 2.75) is 13.3 Å². The Morgan fingerprint density at radius 1 is 1.12 bits per heavy atom. The fourth-order valence-electron chi connectivity index (χ4n) is 2.80. The van der Waals surface area contributed by atoms with Gasteiger partial charge in [-0.15, -0.1) is 0 Å². The number of nitrogens with one attached hydrogen (secondary N) is 2. The lowest BCUT2D eigenvalue weighted by Crippen LogP contribution is -2.38. The molecule has 2 N–H and O–H groups in total. The molecular formula is C18H17F2N3O2. The van der Waals surface area contributed by atoms with Gasteiger partial charge in [0.25, 0.3) is 5.91 Å². The molecule has 7 heteroatoms. The van der Waals surface area contributed by atoms with Gasteiger partial charge in [-0.05, 0) is 43.2 Å². The molecule has 0 unspecified atom stereocenters. The molecule has 0 spiro atoms. The van der Waals surface area contributed by atoms with Gasteiger partial charge in [0.2, 0.25) is 0 Å². The quantitative estimate of drug-likeness (QED) is 0.897. The Morgan fingerprint density at radius 2 is 1.84 bits per heavy atom. The van der Waals surface area contributed by atoms with Crippen molar-refractivity contribution < 1.29 is 18.4 Å². The average Bonchev–Trinajstić information content (AvgIpc) is 2.97. The summed E-state index contributed by atoms with van der Waals surface area (Å²) in [5.41, 5.74) is 2.05. The summed E-state index contributed by atoms with van der Waals surface area (Å²) in [6, 6.07) is 7.65. The molecule has 2 aromatic rings. The summed E-state index contributed by atoms with van der Waals surface area (Å²) in [6.45, 7) is 2.92. The first kappa shape index (κ1) is 16.9. The molecule has 0 saturated carbocycles. The molecule has 0 bridgehead atoms. The zero-order valence-corrected chi connectivity index (χ0v) is 13.6. The van der Waals surface area contributed by atoms with Crippen LogP contribution in [0.2, 0.25) is 0 Å². The fourth-order valence-corrected chi connectivity index (χ4v) is 2.80. The second-order valence-electron chi connectivity index (χ2n) is 5.69. The molecule has 1 aliphatic heterocycles. The highest BCUT2D eigenvalue weighted by Crippen LogP contribution is 2.31. The molecule has 0 atom stereocenters. The van der Waals surface area contributed by atoms with Crippen molar-refractivity contribution in [3.05, 3.63) is 59.2 Å². The van der Waals surface area contributed by atoms with Gasteiger partial charge in [0.1, 0.15) is 11.6 Å². The number of benzene rings is 2. The van der Waals surface area contributed by atoms with Gasteiger partial charge in [-0.3, -0.25) is 9.69 Å². The zero-order valence-electron chi connectivity index (χ0n) is 13.6. The molecule has 0 saturated heterocycles. The number of nitrogens with zero attached hydrogens (tertiary/aromatic N) is 1. The van der Waals surface area contributed by atoms with E-state index in [1.807, 2.05) is 13.0 Å². The topological polar surface area (TPSA) is 61.4 Å². The maximum Gasteiger partial charge on any atom is 0.321 e. The maximum absolute atomic E-state index is 13.2. The van der Waals surface area contributed by atoms with Gasteiger partial charge in [0, 0.05) is 30.4 Å². The first-order chi connectivity index (χ1) is 12.0. The highest BCUT2D eigenvalue weighted by molar-refractivity contribution is 6.05. The van der Waals surface area contributed by atoms with Crippen molar-refractivity contribution in [2.75, 3.05) is 23.3 Å². The minimum atomic E-state index is -0.818. The first-order valence-electron chi connectivity index (χ1n) is 7.93. The lowest BCUT2D eigenvalue weighted by atomic mass is 10.1. The largest absolute Gasteiger partial charge is 0.338 e. The Hall–Kier alpha value is -2.96. The number of halogens is 2. The van der Waals surface area contributed by atoms with E-state index in [1.54, 1.807) is 17.0 Å². The number of hydrogen-bond acceptors (Lipinski definition) is 2. The van der Waals surface area contributed by atoms with Crippen molar-refractivity contribution >= 4 is 23.3 Å². The Labute approximate surface area is 143 Å². The standard InChI is InChI=1S/C18H17F2N3O2/c1-2-21-18(25)23-6-5-11-3-4-15(10-16(11)23)22-17(24)12-7-13(19)9-14(20)8-12/h3-4,7-10H,2,5-6H2,1H3,(H,21,25)(H,22,24). The predicted molar refractivity (Wildman–Crippen MR) is 90.9 cm³/mol. The van der Waals surface area contributed by atoms with Gasteiger partial charge in [-0.1, -0.05) is 6.07 Å². The van der Waals surface area contributed by atoms with Crippen LogP contribution < -0.4 is 15.5 Å². The van der Waals surface area contributed by atoms with Gasteiger partial charge in [0.15, 0.2) is 0 Å². The Bertz CT molecular complexity index is 819. The molecule has 2 aromatic carbocycles. The van der Waals surface area contributed by atoms with Gasteiger partial charge in [-0.25, -0.2) is 13.6 Å². The lowest BCUT2D eigenvalue weighted by molar-refractivity contribution is 0.102. The molecule has 0 aromatic heterocycles. The summed E-state index contributed by atoms with van der Waals surface area (Å²) in [5.74, 6) is -2.26. The van der Waals surface area contributed by atoms with E-state index in [-0.39, 0.29) is 11.6 Å². The number of carbonyl (C=O) groups excluding carboxylic acids is 2. The number of carbonyl (C=O) groups is 2. The summed E-state index contributed by atoms with van der Waals surface area (Å²) in [5, 5.41) is 5.35. The van der Waals surface area contributed by atoms with Gasteiger partial charge in [0.05, 0.1) is 5.69 Å². The normalized spacial score (nSPS) is 12.7. The summed E-state index contributed by atoms with van der Waals surface area (Å²) >= 11 is 0. The molecule has 25 heavy (non-hydrogen) atoms. The van der Waals surface area contributed by atoms with E-state index < -0.39 is 17.5 Å². The predicted octanol–water partition coefficient (Wildman–Crippen LogP) is 3.31. The number of amides is 3. The minimum Gasteiger partial charge on any atom is -0.338 e. The number of hydrogen-bond donors (Lipinski definition) is 2. The van der Waals surface area contributed by atoms with E-state index in [9.17, 15) is 18.4 Å². The second kappa shape index (κ2) is 6.88. The zero-order chi connectivity index (χ0) is 18.0. The van der Waals surface area contributed by atoms with Crippen LogP contribution in [0.15, 0.2) is 36.4 Å². The summed E-state index contributed by atoms with van der Waals surface area (Å²) in [6.07, 6.45) is 0.732. The summed E-state index contributed by atoms with van der Waals surface area (Å²) < 4.78 is 26.5. The van der Waals surface area contributed by atoms with Gasteiger partial charge >= 0.3 is 6.03 Å². The molecule has 130 valence electrons. The van der Waals surface area contributed by atoms with Crippen LogP contribution in [-0.2, 0) is 6.42 Å². The van der Waals surface area contributed by atoms with Crippen molar-refractivity contribution in [2.24, 2.45) is 0 Å². The molecule has 0 radical (unpaired) electrons. The molecule has 3 rings (SSSR count). The third kappa shape index (κ3) is 3.60. The van der Waals surface area contributed by atoms with E-state index in [4.69, 9.17) is 0 Å². The summed E-state index contributed by atoms with van der Waals surface area (Å²) in [4.78, 5) is 25.9. The molecular weight excluding hydrogens is 328 g/mol. The lowest BCUT2D eigenvalue weighted by Gasteiger charge is -2.18. The van der Waals surface area contributed by atoms with Gasteiger partial charge in [-0.2, -0.15) is 0 Å². The highest BCUT2D eigenvalue weighted by Gasteiger charge is 2.24. The smallest absolute Gasteiger partial charge is 0.321 e. The SMILES string of the molecule is CCNC(=O)N1CCc2ccc(NC(=O)c3cc(F)cc(F)c3)cc21. The maximum atomic E-state index is 13.2. The fraction of sp³-hybridized carbons (Fsp3) is 0.222. The van der Waals surface area contributed by atoms with Crippen LogP contribution in [0.1, 0.15) is 22.8 Å². The molecule has 1 heterocycles. The van der Waals surface area contributed by atoms with E-state index in [1.165, 1.54) is 0 Å². The van der Waals surface area contributed by atoms with Crippen molar-refractivity contribution in [3.8, 4) is 0 Å². The Kier molecular flexibility index (Phi) is 4.65. The Morgan fingerprint density at radius 3 is 2.52 bits per heavy atom. The molecule has 5 nitrogen and oxygen atoms in total. The average molecular weight is 345 g/mol. The number of urea groups is 1. The van der Waals surface area contributed by atoms with E-state index >= 15 is 0 Å². The number of anilines is 2. The monoisotopic (exact) mass is 345 g/mol. The summed E-state index contributed by atoms with van der Waals surface area (Å²) in [7, 11) is 0. The van der Waals surface area contributed by atoms with Gasteiger partial charge < -0.3 is 10.6 Å². The third-order valence-electron chi connectivity index (χ3n) is 3.94. The van der Waals surface area contributed by atoms with Crippen LogP contribution in [0.25, 0.3) is 0 Å². The van der Waals surface area contributed by atoms with Crippen LogP contribution >= 0.6 is 0 Å². The van der Waals surface area contributed by atoms with E-state index in [2.05, 4.69) is 10.6 Å². The van der Waals surface area contributed by atoms with E-state index in [0.29, 0.717) is 30.5 Å². The second-order valence-corrected chi connectivity index (χ2v) is 5.69. The van der Waals surface area contributed by atoms with Crippen molar-refractivity contribution in [1.82, 2.24) is 5.32 Å².